The molecule has 0 aromatic carbocycles. The largest absolute Gasteiger partial charge is 0.384 e. The fourth-order valence-electron chi connectivity index (χ4n) is 1.35. The van der Waals surface area contributed by atoms with E-state index in [2.05, 4.69) is 32.9 Å². The molecule has 6 heteroatoms. The van der Waals surface area contributed by atoms with Gasteiger partial charge >= 0.3 is 0 Å². The number of aryl methyl sites for hydroxylation is 2. The maximum Gasteiger partial charge on any atom is 0.177 e. The molecule has 0 spiro atoms. The minimum atomic E-state index is 0.632. The Hall–Kier alpha value is -1.30. The summed E-state index contributed by atoms with van der Waals surface area (Å²) in [6.07, 6.45) is 1.95. The van der Waals surface area contributed by atoms with Gasteiger partial charge in [0.2, 0.25) is 0 Å². The van der Waals surface area contributed by atoms with Crippen molar-refractivity contribution in [3.8, 4) is 11.4 Å². The molecular weight excluding hydrogens is 258 g/mol. The lowest BCUT2D eigenvalue weighted by Crippen LogP contribution is -1.96. The van der Waals surface area contributed by atoms with Crippen LogP contribution in [0.3, 0.4) is 0 Å². The highest BCUT2D eigenvalue weighted by Gasteiger charge is 2.10. The van der Waals surface area contributed by atoms with Crippen molar-refractivity contribution >= 4 is 21.7 Å². The zero-order valence-corrected chi connectivity index (χ0v) is 10.2. The lowest BCUT2D eigenvalue weighted by molar-refractivity contribution is 0.741. The molecule has 0 amide bonds. The molecule has 0 saturated carbocycles. The number of nitrogen functional groups attached to an aromatic ring is 1. The average molecular weight is 270 g/mol. The Kier molecular flexibility index (Phi) is 2.52. The monoisotopic (exact) mass is 269 g/mol. The van der Waals surface area contributed by atoms with Crippen molar-refractivity contribution in [2.24, 2.45) is 7.05 Å². The number of nitrogens with two attached hydrogens (primary N) is 1. The molecule has 0 fully saturated rings. The van der Waals surface area contributed by atoms with Gasteiger partial charge in [-0.15, -0.1) is 0 Å². The van der Waals surface area contributed by atoms with Crippen LogP contribution in [0.1, 0.15) is 6.92 Å². The minimum absolute atomic E-state index is 0.632. The van der Waals surface area contributed by atoms with E-state index >= 15 is 0 Å². The summed E-state index contributed by atoms with van der Waals surface area (Å²) >= 11 is 3.39. The Balaban J connectivity index is 2.45. The fourth-order valence-corrected chi connectivity index (χ4v) is 1.89. The summed E-state index contributed by atoms with van der Waals surface area (Å²) in [5.74, 6) is 0.632. The van der Waals surface area contributed by atoms with Crippen LogP contribution < -0.4 is 5.73 Å². The van der Waals surface area contributed by atoms with Crippen LogP contribution in [-0.2, 0) is 13.6 Å². The van der Waals surface area contributed by atoms with E-state index in [-0.39, 0.29) is 0 Å². The van der Waals surface area contributed by atoms with E-state index in [1.165, 1.54) is 0 Å². The van der Waals surface area contributed by atoms with Gasteiger partial charge in [0.1, 0.15) is 17.2 Å². The van der Waals surface area contributed by atoms with Crippen molar-refractivity contribution in [3.63, 3.8) is 0 Å². The maximum atomic E-state index is 5.71. The Labute approximate surface area is 96.0 Å². The highest BCUT2D eigenvalue weighted by Crippen LogP contribution is 2.21. The molecule has 2 N–H and O–H groups in total. The first-order valence-electron chi connectivity index (χ1n) is 4.64. The molecule has 0 radical (unpaired) electrons. The van der Waals surface area contributed by atoms with Crippen LogP contribution in [0.25, 0.3) is 11.4 Å². The fraction of sp³-hybridized carbons (Fsp3) is 0.333. The van der Waals surface area contributed by atoms with E-state index in [1.807, 2.05) is 23.9 Å². The van der Waals surface area contributed by atoms with E-state index in [4.69, 9.17) is 5.73 Å². The number of rotatable bonds is 2. The first-order chi connectivity index (χ1) is 7.11. The molecule has 80 valence electrons. The van der Waals surface area contributed by atoms with E-state index in [9.17, 15) is 0 Å². The van der Waals surface area contributed by atoms with Crippen molar-refractivity contribution < 1.29 is 0 Å². The molecule has 2 aromatic heterocycles. The molecule has 0 aliphatic carbocycles. The third-order valence-corrected chi connectivity index (χ3v) is 2.88. The number of aromatic nitrogens is 4. The molecule has 5 nitrogen and oxygen atoms in total. The SMILES string of the molecule is CCn1cc(-c2cc(N)n(C)n2)nc1Br. The van der Waals surface area contributed by atoms with Gasteiger partial charge in [0.05, 0.1) is 0 Å². The van der Waals surface area contributed by atoms with Crippen molar-refractivity contribution in [2.45, 2.75) is 13.5 Å². The van der Waals surface area contributed by atoms with Crippen LogP contribution in [-0.4, -0.2) is 19.3 Å². The van der Waals surface area contributed by atoms with Crippen LogP contribution in [0, 0.1) is 0 Å². The first-order valence-corrected chi connectivity index (χ1v) is 5.43. The van der Waals surface area contributed by atoms with E-state index in [0.717, 1.165) is 22.7 Å². The van der Waals surface area contributed by atoms with Gasteiger partial charge in [0.15, 0.2) is 4.73 Å². The Morgan fingerprint density at radius 1 is 1.47 bits per heavy atom. The second-order valence-corrected chi connectivity index (χ2v) is 3.97. The van der Waals surface area contributed by atoms with Crippen LogP contribution in [0.15, 0.2) is 17.0 Å². The van der Waals surface area contributed by atoms with Crippen LogP contribution in [0.5, 0.6) is 0 Å². The molecule has 0 unspecified atom stereocenters. The molecule has 0 saturated heterocycles. The standard InChI is InChI=1S/C9H12BrN5/c1-3-15-5-7(12-9(15)10)6-4-8(11)14(2)13-6/h4-5H,3,11H2,1-2H3. The van der Waals surface area contributed by atoms with Gasteiger partial charge in [-0.25, -0.2) is 4.98 Å². The Bertz CT molecular complexity index is 465. The number of hydrogen-bond donors (Lipinski definition) is 1. The minimum Gasteiger partial charge on any atom is -0.384 e. The third kappa shape index (κ3) is 1.77. The van der Waals surface area contributed by atoms with Crippen molar-refractivity contribution in [3.05, 3.63) is 17.0 Å². The van der Waals surface area contributed by atoms with Gasteiger partial charge in [-0.2, -0.15) is 5.10 Å². The van der Waals surface area contributed by atoms with E-state index < -0.39 is 0 Å². The van der Waals surface area contributed by atoms with E-state index in [1.54, 1.807) is 4.68 Å². The highest BCUT2D eigenvalue weighted by molar-refractivity contribution is 9.10. The molecule has 0 aliphatic heterocycles. The van der Waals surface area contributed by atoms with Gasteiger partial charge in [-0.3, -0.25) is 4.68 Å². The first kappa shape index (κ1) is 10.2. The van der Waals surface area contributed by atoms with E-state index in [0.29, 0.717) is 5.82 Å². The maximum absolute atomic E-state index is 5.71. The number of nitrogens with zero attached hydrogens (tertiary/aromatic N) is 4. The third-order valence-electron chi connectivity index (χ3n) is 2.25. The highest BCUT2D eigenvalue weighted by atomic mass is 79.9. The lowest BCUT2D eigenvalue weighted by Gasteiger charge is -1.93. The number of imidazole rings is 1. The number of hydrogen-bond acceptors (Lipinski definition) is 3. The quantitative estimate of drug-likeness (QED) is 0.902. The molecule has 2 rings (SSSR count). The summed E-state index contributed by atoms with van der Waals surface area (Å²) in [7, 11) is 1.81. The molecule has 2 aromatic rings. The molecule has 15 heavy (non-hydrogen) atoms. The predicted octanol–water partition coefficient (Wildman–Crippen LogP) is 1.65. The van der Waals surface area contributed by atoms with Gasteiger partial charge in [-0.05, 0) is 22.9 Å². The smallest absolute Gasteiger partial charge is 0.177 e. The van der Waals surface area contributed by atoms with Crippen LogP contribution >= 0.6 is 15.9 Å². The molecule has 2 heterocycles. The van der Waals surface area contributed by atoms with Crippen LogP contribution in [0.4, 0.5) is 5.82 Å². The normalized spacial score (nSPS) is 10.9. The van der Waals surface area contributed by atoms with Gasteiger partial charge < -0.3 is 10.3 Å². The van der Waals surface area contributed by atoms with Gasteiger partial charge in [0.25, 0.3) is 0 Å². The summed E-state index contributed by atoms with van der Waals surface area (Å²) in [5.41, 5.74) is 7.33. The summed E-state index contributed by atoms with van der Waals surface area (Å²) in [6, 6.07) is 1.81. The molecule has 0 atom stereocenters. The predicted molar refractivity (Wildman–Crippen MR) is 62.2 cm³/mol. The molecular formula is C9H12BrN5. The Morgan fingerprint density at radius 2 is 2.20 bits per heavy atom. The summed E-state index contributed by atoms with van der Waals surface area (Å²) in [6.45, 7) is 2.93. The second kappa shape index (κ2) is 3.69. The zero-order chi connectivity index (χ0) is 11.0. The zero-order valence-electron chi connectivity index (χ0n) is 8.61. The topological polar surface area (TPSA) is 61.7 Å². The number of anilines is 1. The van der Waals surface area contributed by atoms with Gasteiger partial charge in [-0.1, -0.05) is 0 Å². The van der Waals surface area contributed by atoms with Crippen molar-refractivity contribution in [1.29, 1.82) is 0 Å². The Morgan fingerprint density at radius 3 is 2.67 bits per heavy atom. The second-order valence-electron chi connectivity index (χ2n) is 3.26. The van der Waals surface area contributed by atoms with Crippen LogP contribution in [0.2, 0.25) is 0 Å². The summed E-state index contributed by atoms with van der Waals surface area (Å²) < 4.78 is 4.44. The number of halogens is 1. The lowest BCUT2D eigenvalue weighted by atomic mass is 10.3. The summed E-state index contributed by atoms with van der Waals surface area (Å²) in [5, 5.41) is 4.26. The molecule has 0 bridgehead atoms. The summed E-state index contributed by atoms with van der Waals surface area (Å²) in [4.78, 5) is 4.35. The average Bonchev–Trinajstić information content (AvgIpc) is 2.71. The van der Waals surface area contributed by atoms with Crippen molar-refractivity contribution in [1.82, 2.24) is 19.3 Å². The molecule has 0 aliphatic rings. The van der Waals surface area contributed by atoms with Crippen molar-refractivity contribution in [2.75, 3.05) is 5.73 Å². The van der Waals surface area contributed by atoms with Gasteiger partial charge in [0, 0.05) is 25.9 Å².